The Hall–Kier alpha value is -0.430. The lowest BCUT2D eigenvalue weighted by Gasteiger charge is -2.22. The Kier molecular flexibility index (Phi) is 5.82. The molecule has 0 fully saturated rings. The molecule has 0 aromatic heterocycles. The van der Waals surface area contributed by atoms with Crippen molar-refractivity contribution in [2.24, 2.45) is 0 Å². The monoisotopic (exact) mass is 441 g/mol. The number of rotatable bonds is 4. The van der Waals surface area contributed by atoms with E-state index in [2.05, 4.69) is 27.9 Å². The number of nitrogens with one attached hydrogen (secondary N) is 1. The lowest BCUT2D eigenvalue weighted by atomic mass is 9.98. The summed E-state index contributed by atoms with van der Waals surface area (Å²) in [5, 5.41) is 3.99. The quantitative estimate of drug-likeness (QED) is 0.482. The molecule has 0 bridgehead atoms. The van der Waals surface area contributed by atoms with Gasteiger partial charge in [-0.1, -0.05) is 30.1 Å². The Labute approximate surface area is 145 Å². The fraction of sp³-hybridized carbons (Fsp3) is 0.200. The van der Waals surface area contributed by atoms with Gasteiger partial charge in [0.2, 0.25) is 0 Å². The van der Waals surface area contributed by atoms with Gasteiger partial charge in [0.05, 0.1) is 6.04 Å². The molecule has 0 aliphatic rings. The normalized spacial score (nSPS) is 12.5. The molecule has 1 nitrogen and oxygen atoms in total. The topological polar surface area (TPSA) is 12.0 Å². The lowest BCUT2D eigenvalue weighted by Crippen LogP contribution is -2.23. The van der Waals surface area contributed by atoms with Gasteiger partial charge >= 0.3 is 0 Å². The fourth-order valence-corrected chi connectivity index (χ4v) is 3.17. The Morgan fingerprint density at radius 1 is 1.10 bits per heavy atom. The van der Waals surface area contributed by atoms with Gasteiger partial charge in [0, 0.05) is 13.6 Å². The number of hydrogen-bond donors (Lipinski definition) is 1. The summed E-state index contributed by atoms with van der Waals surface area (Å²) < 4.78 is 27.8. The minimum atomic E-state index is -0.959. The van der Waals surface area contributed by atoms with Crippen LogP contribution in [0.5, 0.6) is 0 Å². The maximum atomic E-state index is 13.6. The maximum Gasteiger partial charge on any atom is 0.160 e. The first kappa shape index (κ1) is 16.9. The second-order valence-corrected chi connectivity index (χ2v) is 6.45. The summed E-state index contributed by atoms with van der Waals surface area (Å²) in [6.45, 7) is 2.57. The van der Waals surface area contributed by atoms with Crippen molar-refractivity contribution in [3.8, 4) is 0 Å². The van der Waals surface area contributed by atoms with E-state index in [1.807, 2.05) is 13.0 Å². The molecule has 112 valence electrons. The first-order valence-corrected chi connectivity index (χ1v) is 8.10. The highest BCUT2D eigenvalue weighted by molar-refractivity contribution is 14.1. The van der Waals surface area contributed by atoms with Crippen LogP contribution in [0, 0.1) is 15.2 Å². The smallest absolute Gasteiger partial charge is 0.160 e. The van der Waals surface area contributed by atoms with E-state index in [1.54, 1.807) is 12.1 Å². The van der Waals surface area contributed by atoms with E-state index in [0.717, 1.165) is 21.3 Å². The van der Waals surface area contributed by atoms with E-state index in [9.17, 15) is 8.78 Å². The Bertz CT molecular complexity index is 664. The van der Waals surface area contributed by atoms with Gasteiger partial charge in [0.15, 0.2) is 11.6 Å². The van der Waals surface area contributed by atoms with Crippen LogP contribution in [-0.2, 0) is 0 Å². The molecule has 0 aliphatic heterocycles. The van der Waals surface area contributed by atoms with Crippen molar-refractivity contribution in [1.29, 1.82) is 0 Å². The van der Waals surface area contributed by atoms with Gasteiger partial charge in [-0.05, 0) is 70.6 Å². The van der Waals surface area contributed by atoms with Gasteiger partial charge in [-0.3, -0.25) is 0 Å². The van der Waals surface area contributed by atoms with Crippen LogP contribution in [0.4, 0.5) is 8.78 Å². The highest BCUT2D eigenvalue weighted by atomic mass is 127. The molecule has 0 saturated heterocycles. The van der Waals surface area contributed by atoms with E-state index < -0.39 is 11.6 Å². The summed E-state index contributed by atoms with van der Waals surface area (Å²) >= 11 is 14.3. The van der Waals surface area contributed by atoms with Crippen molar-refractivity contribution in [3.05, 3.63) is 66.7 Å². The molecule has 0 aliphatic carbocycles. The molecule has 0 radical (unpaired) electrons. The first-order valence-electron chi connectivity index (χ1n) is 6.26. The number of halogens is 5. The Morgan fingerprint density at radius 3 is 2.43 bits per heavy atom. The van der Waals surface area contributed by atoms with Gasteiger partial charge < -0.3 is 5.32 Å². The van der Waals surface area contributed by atoms with Crippen LogP contribution in [0.3, 0.4) is 0 Å². The molecule has 0 saturated carbocycles. The molecule has 0 heterocycles. The van der Waals surface area contributed by atoms with Crippen molar-refractivity contribution in [2.45, 2.75) is 13.0 Å². The summed E-state index contributed by atoms with van der Waals surface area (Å²) in [6.07, 6.45) is 0. The predicted molar refractivity (Wildman–Crippen MR) is 91.1 cm³/mol. The van der Waals surface area contributed by atoms with Crippen LogP contribution in [-0.4, -0.2) is 6.54 Å². The molecule has 21 heavy (non-hydrogen) atoms. The zero-order valence-electron chi connectivity index (χ0n) is 11.1. The van der Waals surface area contributed by atoms with Crippen molar-refractivity contribution in [3.63, 3.8) is 0 Å². The molecular formula is C15H12Cl2F2IN. The second-order valence-electron chi connectivity index (χ2n) is 4.44. The highest BCUT2D eigenvalue weighted by Gasteiger charge is 2.21. The maximum absolute atomic E-state index is 13.6. The molecular weight excluding hydrogens is 430 g/mol. The van der Waals surface area contributed by atoms with Crippen LogP contribution in [0.25, 0.3) is 0 Å². The van der Waals surface area contributed by atoms with Crippen LogP contribution in [0.1, 0.15) is 24.1 Å². The Balaban J connectivity index is 2.58. The van der Waals surface area contributed by atoms with Gasteiger partial charge in [0.1, 0.15) is 0 Å². The summed E-state index contributed by atoms with van der Waals surface area (Å²) in [6, 6.07) is 7.21. The molecule has 6 heteroatoms. The summed E-state index contributed by atoms with van der Waals surface area (Å²) in [5.74, 6) is -1.88. The zero-order chi connectivity index (χ0) is 15.6. The van der Waals surface area contributed by atoms with Crippen molar-refractivity contribution in [2.75, 3.05) is 6.54 Å². The second kappa shape index (κ2) is 7.22. The minimum absolute atomic E-state index is 0.177. The fourth-order valence-electron chi connectivity index (χ4n) is 2.09. The SMILES string of the molecule is CCNC(c1cc(F)c(F)cc1Cl)c1cc(Cl)ccc1I. The number of hydrogen-bond acceptors (Lipinski definition) is 1. The van der Waals surface area contributed by atoms with Crippen LogP contribution in [0.2, 0.25) is 10.0 Å². The Morgan fingerprint density at radius 2 is 1.76 bits per heavy atom. The van der Waals surface area contributed by atoms with Gasteiger partial charge in [-0.15, -0.1) is 0 Å². The average Bonchev–Trinajstić information content (AvgIpc) is 2.43. The third-order valence-corrected chi connectivity index (χ3v) is 4.57. The van der Waals surface area contributed by atoms with E-state index in [1.165, 1.54) is 0 Å². The largest absolute Gasteiger partial charge is 0.306 e. The molecule has 2 rings (SSSR count). The molecule has 2 aromatic carbocycles. The summed E-state index contributed by atoms with van der Waals surface area (Å²) in [4.78, 5) is 0. The van der Waals surface area contributed by atoms with Crippen LogP contribution in [0.15, 0.2) is 30.3 Å². The van der Waals surface area contributed by atoms with Gasteiger partial charge in [-0.2, -0.15) is 0 Å². The van der Waals surface area contributed by atoms with Gasteiger partial charge in [-0.25, -0.2) is 8.78 Å². The van der Waals surface area contributed by atoms with E-state index in [-0.39, 0.29) is 11.1 Å². The first-order chi connectivity index (χ1) is 9.93. The zero-order valence-corrected chi connectivity index (χ0v) is 14.7. The molecule has 1 unspecified atom stereocenters. The third-order valence-electron chi connectivity index (χ3n) is 3.03. The van der Waals surface area contributed by atoms with E-state index >= 15 is 0 Å². The number of benzene rings is 2. The minimum Gasteiger partial charge on any atom is -0.306 e. The van der Waals surface area contributed by atoms with Crippen molar-refractivity contribution >= 4 is 45.8 Å². The molecule has 1 atom stereocenters. The lowest BCUT2D eigenvalue weighted by molar-refractivity contribution is 0.504. The molecule has 1 N–H and O–H groups in total. The predicted octanol–water partition coefficient (Wildman–Crippen LogP) is 5.58. The highest BCUT2D eigenvalue weighted by Crippen LogP contribution is 2.33. The van der Waals surface area contributed by atoms with E-state index in [4.69, 9.17) is 23.2 Å². The standard InChI is InChI=1S/C15H12Cl2F2IN/c1-2-21-15(10-5-8(16)3-4-14(10)20)9-6-12(18)13(19)7-11(9)17/h3-7,15,21H,2H2,1H3. The average molecular weight is 442 g/mol. The molecule has 2 aromatic rings. The van der Waals surface area contributed by atoms with Crippen LogP contribution < -0.4 is 5.32 Å². The summed E-state index contributed by atoms with van der Waals surface area (Å²) in [5.41, 5.74) is 1.36. The summed E-state index contributed by atoms with van der Waals surface area (Å²) in [7, 11) is 0. The third kappa shape index (κ3) is 3.86. The van der Waals surface area contributed by atoms with Crippen molar-refractivity contribution in [1.82, 2.24) is 5.32 Å². The molecule has 0 amide bonds. The van der Waals surface area contributed by atoms with Crippen LogP contribution >= 0.6 is 45.8 Å². The van der Waals surface area contributed by atoms with E-state index in [0.29, 0.717) is 17.1 Å². The van der Waals surface area contributed by atoms with Gasteiger partial charge in [0.25, 0.3) is 0 Å². The van der Waals surface area contributed by atoms with Crippen molar-refractivity contribution < 1.29 is 8.78 Å². The molecule has 0 spiro atoms.